The third kappa shape index (κ3) is 7.63. The highest BCUT2D eigenvalue weighted by Gasteiger charge is 2.17. The average molecular weight is 291 g/mol. The third-order valence-corrected chi connectivity index (χ3v) is 3.81. The molecule has 2 unspecified atom stereocenters. The summed E-state index contributed by atoms with van der Waals surface area (Å²) in [7, 11) is 0. The highest BCUT2D eigenvalue weighted by molar-refractivity contribution is 5.24. The minimum absolute atomic E-state index is 0.172. The van der Waals surface area contributed by atoms with E-state index in [0.717, 1.165) is 6.42 Å². The van der Waals surface area contributed by atoms with E-state index in [1.165, 1.54) is 30.4 Å². The molecule has 1 aromatic carbocycles. The van der Waals surface area contributed by atoms with Crippen molar-refractivity contribution in [2.75, 3.05) is 6.54 Å². The van der Waals surface area contributed by atoms with Gasteiger partial charge < -0.3 is 10.4 Å². The summed E-state index contributed by atoms with van der Waals surface area (Å²) in [6.45, 7) is 11.5. The van der Waals surface area contributed by atoms with Crippen LogP contribution in [-0.2, 0) is 6.42 Å². The summed E-state index contributed by atoms with van der Waals surface area (Å²) in [6, 6.07) is 9.15. The molecule has 21 heavy (non-hydrogen) atoms. The van der Waals surface area contributed by atoms with Crippen molar-refractivity contribution >= 4 is 0 Å². The van der Waals surface area contributed by atoms with Crippen LogP contribution in [0.2, 0.25) is 0 Å². The van der Waals surface area contributed by atoms with Crippen LogP contribution in [0.4, 0.5) is 0 Å². The lowest BCUT2D eigenvalue weighted by molar-refractivity contribution is 0.117. The van der Waals surface area contributed by atoms with Crippen LogP contribution in [0.1, 0.15) is 71.0 Å². The van der Waals surface area contributed by atoms with Crippen molar-refractivity contribution in [1.82, 2.24) is 5.32 Å². The Balaban J connectivity index is 2.42. The molecule has 1 rings (SSSR count). The van der Waals surface area contributed by atoms with Crippen LogP contribution in [0.25, 0.3) is 0 Å². The molecular weight excluding hydrogens is 258 g/mol. The van der Waals surface area contributed by atoms with Gasteiger partial charge in [0, 0.05) is 12.6 Å². The van der Waals surface area contributed by atoms with Crippen molar-refractivity contribution in [2.24, 2.45) is 5.41 Å². The lowest BCUT2D eigenvalue weighted by atomic mass is 9.89. The first-order valence-electron chi connectivity index (χ1n) is 8.32. The SMILES string of the molecule is CCCCc1ccc(C(C)NCC(O)CC(C)(C)C)cc1. The first-order valence-corrected chi connectivity index (χ1v) is 8.32. The lowest BCUT2D eigenvalue weighted by Gasteiger charge is -2.24. The number of rotatable bonds is 8. The highest BCUT2D eigenvalue weighted by Crippen LogP contribution is 2.21. The van der Waals surface area contributed by atoms with Gasteiger partial charge in [-0.2, -0.15) is 0 Å². The summed E-state index contributed by atoms with van der Waals surface area (Å²) >= 11 is 0. The van der Waals surface area contributed by atoms with Gasteiger partial charge in [-0.15, -0.1) is 0 Å². The zero-order valence-corrected chi connectivity index (χ0v) is 14.4. The second kappa shape index (κ2) is 8.55. The zero-order chi connectivity index (χ0) is 15.9. The summed E-state index contributed by atoms with van der Waals surface area (Å²) < 4.78 is 0. The van der Waals surface area contributed by atoms with Crippen molar-refractivity contribution in [1.29, 1.82) is 0 Å². The number of hydrogen-bond acceptors (Lipinski definition) is 2. The fourth-order valence-corrected chi connectivity index (χ4v) is 2.56. The smallest absolute Gasteiger partial charge is 0.0669 e. The Bertz CT molecular complexity index is 391. The Labute approximate surface area is 131 Å². The fraction of sp³-hybridized carbons (Fsp3) is 0.684. The molecule has 120 valence electrons. The Morgan fingerprint density at radius 1 is 1.14 bits per heavy atom. The topological polar surface area (TPSA) is 32.3 Å². The van der Waals surface area contributed by atoms with Crippen molar-refractivity contribution in [2.45, 2.75) is 72.4 Å². The van der Waals surface area contributed by atoms with Crippen molar-refractivity contribution < 1.29 is 5.11 Å². The van der Waals surface area contributed by atoms with E-state index in [4.69, 9.17) is 0 Å². The number of aryl methyl sites for hydroxylation is 1. The van der Waals surface area contributed by atoms with E-state index in [9.17, 15) is 5.11 Å². The molecule has 0 aliphatic heterocycles. The van der Waals surface area contributed by atoms with Gasteiger partial charge in [-0.25, -0.2) is 0 Å². The first kappa shape index (κ1) is 18.2. The summed E-state index contributed by atoms with van der Waals surface area (Å²) in [5.74, 6) is 0. The first-order chi connectivity index (χ1) is 9.81. The monoisotopic (exact) mass is 291 g/mol. The Morgan fingerprint density at radius 2 is 1.76 bits per heavy atom. The van der Waals surface area contributed by atoms with Crippen molar-refractivity contribution in [3.05, 3.63) is 35.4 Å². The summed E-state index contributed by atoms with van der Waals surface area (Å²) in [5, 5.41) is 13.5. The zero-order valence-electron chi connectivity index (χ0n) is 14.4. The van der Waals surface area contributed by atoms with Crippen LogP contribution in [0.5, 0.6) is 0 Å². The number of aliphatic hydroxyl groups excluding tert-OH is 1. The number of benzene rings is 1. The Morgan fingerprint density at radius 3 is 2.29 bits per heavy atom. The second-order valence-corrected chi connectivity index (χ2v) is 7.39. The van der Waals surface area contributed by atoms with Gasteiger partial charge in [0.05, 0.1) is 6.10 Å². The maximum absolute atomic E-state index is 10.1. The fourth-order valence-electron chi connectivity index (χ4n) is 2.56. The van der Waals surface area contributed by atoms with E-state index >= 15 is 0 Å². The number of hydrogen-bond donors (Lipinski definition) is 2. The predicted molar refractivity (Wildman–Crippen MR) is 91.6 cm³/mol. The maximum Gasteiger partial charge on any atom is 0.0669 e. The third-order valence-electron chi connectivity index (χ3n) is 3.81. The van der Waals surface area contributed by atoms with Gasteiger partial charge in [-0.1, -0.05) is 58.4 Å². The van der Waals surface area contributed by atoms with Gasteiger partial charge in [-0.05, 0) is 42.7 Å². The quantitative estimate of drug-likeness (QED) is 0.740. The largest absolute Gasteiger partial charge is 0.392 e. The summed E-state index contributed by atoms with van der Waals surface area (Å²) in [6.07, 6.45) is 4.21. The molecule has 0 heterocycles. The molecule has 0 aliphatic carbocycles. The molecule has 0 spiro atoms. The summed E-state index contributed by atoms with van der Waals surface area (Å²) in [5.41, 5.74) is 2.88. The molecule has 2 N–H and O–H groups in total. The van der Waals surface area contributed by atoms with Crippen LogP contribution in [0.15, 0.2) is 24.3 Å². The van der Waals surface area contributed by atoms with Crippen LogP contribution >= 0.6 is 0 Å². The van der Waals surface area contributed by atoms with E-state index in [2.05, 4.69) is 64.2 Å². The van der Waals surface area contributed by atoms with Gasteiger partial charge in [0.15, 0.2) is 0 Å². The molecule has 2 nitrogen and oxygen atoms in total. The molecule has 0 bridgehead atoms. The van der Waals surface area contributed by atoms with Gasteiger partial charge in [-0.3, -0.25) is 0 Å². The molecule has 0 fully saturated rings. The van der Waals surface area contributed by atoms with Crippen LogP contribution in [-0.4, -0.2) is 17.8 Å². The minimum Gasteiger partial charge on any atom is -0.392 e. The van der Waals surface area contributed by atoms with Crippen LogP contribution in [0, 0.1) is 5.41 Å². The molecule has 0 aromatic heterocycles. The van der Waals surface area contributed by atoms with Crippen LogP contribution in [0.3, 0.4) is 0 Å². The molecule has 0 saturated heterocycles. The highest BCUT2D eigenvalue weighted by atomic mass is 16.3. The van der Waals surface area contributed by atoms with Gasteiger partial charge >= 0.3 is 0 Å². The predicted octanol–water partition coefficient (Wildman–Crippen LogP) is 4.48. The normalized spacial score (nSPS) is 15.0. The summed E-state index contributed by atoms with van der Waals surface area (Å²) in [4.78, 5) is 0. The molecule has 1 aromatic rings. The molecule has 0 amide bonds. The van der Waals surface area contributed by atoms with Gasteiger partial charge in [0.2, 0.25) is 0 Å². The van der Waals surface area contributed by atoms with Crippen molar-refractivity contribution in [3.8, 4) is 0 Å². The Hall–Kier alpha value is -0.860. The number of nitrogens with one attached hydrogen (secondary N) is 1. The lowest BCUT2D eigenvalue weighted by Crippen LogP contribution is -2.31. The second-order valence-electron chi connectivity index (χ2n) is 7.39. The molecule has 0 saturated carbocycles. The molecule has 2 heteroatoms. The van der Waals surface area contributed by atoms with E-state index in [1.807, 2.05) is 0 Å². The molecule has 2 atom stereocenters. The van der Waals surface area contributed by atoms with E-state index < -0.39 is 0 Å². The minimum atomic E-state index is -0.281. The number of unbranched alkanes of at least 4 members (excludes halogenated alkanes) is 1. The van der Waals surface area contributed by atoms with Crippen molar-refractivity contribution in [3.63, 3.8) is 0 Å². The maximum atomic E-state index is 10.1. The van der Waals surface area contributed by atoms with Gasteiger partial charge in [0.25, 0.3) is 0 Å². The number of aliphatic hydroxyl groups is 1. The molecular formula is C19H33NO. The average Bonchev–Trinajstić information content (AvgIpc) is 2.41. The van der Waals surface area contributed by atoms with E-state index in [1.54, 1.807) is 0 Å². The van der Waals surface area contributed by atoms with Gasteiger partial charge in [0.1, 0.15) is 0 Å². The van der Waals surface area contributed by atoms with E-state index in [0.29, 0.717) is 6.54 Å². The van der Waals surface area contributed by atoms with Crippen LogP contribution < -0.4 is 5.32 Å². The standard InChI is InChI=1S/C19H33NO/c1-6-7-8-16-9-11-17(12-10-16)15(2)20-14-18(21)13-19(3,4)5/h9-12,15,18,20-21H,6-8,13-14H2,1-5H3. The molecule has 0 aliphatic rings. The molecule has 0 radical (unpaired) electrons. The Kier molecular flexibility index (Phi) is 7.41. The van der Waals surface area contributed by atoms with E-state index in [-0.39, 0.29) is 17.6 Å².